The van der Waals surface area contributed by atoms with Gasteiger partial charge in [0, 0.05) is 0 Å². The molecule has 1 heterocycles. The first-order valence-corrected chi connectivity index (χ1v) is 4.25. The predicted octanol–water partition coefficient (Wildman–Crippen LogP) is 1.00. The minimum atomic E-state index is -0.489. The van der Waals surface area contributed by atoms with Gasteiger partial charge in [0.15, 0.2) is 5.69 Å². The summed E-state index contributed by atoms with van der Waals surface area (Å²) >= 11 is 0. The van der Waals surface area contributed by atoms with Crippen molar-refractivity contribution in [3.05, 3.63) is 23.0 Å². The number of carbonyl (C=O) groups is 1. The lowest BCUT2D eigenvalue weighted by Crippen LogP contribution is -2.09. The predicted molar refractivity (Wildman–Crippen MR) is 45.0 cm³/mol. The molecule has 1 aromatic heterocycles. The van der Waals surface area contributed by atoms with Crippen LogP contribution in [0.3, 0.4) is 0 Å². The van der Waals surface area contributed by atoms with E-state index >= 15 is 0 Å². The summed E-state index contributed by atoms with van der Waals surface area (Å²) in [4.78, 5) is 11.1. The lowest BCUT2D eigenvalue weighted by atomic mass is 10.2. The van der Waals surface area contributed by atoms with Crippen LogP contribution < -0.4 is 0 Å². The highest BCUT2D eigenvalue weighted by Crippen LogP contribution is 2.24. The molecule has 1 aromatic rings. The van der Waals surface area contributed by atoms with Crippen molar-refractivity contribution in [1.82, 2.24) is 4.73 Å². The minimum absolute atomic E-state index is 0.229. The van der Waals surface area contributed by atoms with Crippen molar-refractivity contribution in [1.29, 1.82) is 0 Å². The van der Waals surface area contributed by atoms with E-state index in [1.54, 1.807) is 6.07 Å². The Morgan fingerprint density at radius 3 is 3.00 bits per heavy atom. The van der Waals surface area contributed by atoms with Crippen molar-refractivity contribution in [2.24, 2.45) is 0 Å². The van der Waals surface area contributed by atoms with Gasteiger partial charge in [-0.2, -0.15) is 4.73 Å². The van der Waals surface area contributed by atoms with Crippen LogP contribution in [0.1, 0.15) is 28.2 Å². The second kappa shape index (κ2) is 2.80. The smallest absolute Gasteiger partial charge is 0.358 e. The molecule has 70 valence electrons. The Morgan fingerprint density at radius 1 is 1.62 bits per heavy atom. The summed E-state index contributed by atoms with van der Waals surface area (Å²) in [7, 11) is 1.31. The molecule has 0 atom stereocenters. The van der Waals surface area contributed by atoms with Crippen molar-refractivity contribution in [2.45, 2.75) is 19.3 Å². The molecule has 1 aliphatic carbocycles. The highest BCUT2D eigenvalue weighted by Gasteiger charge is 2.23. The van der Waals surface area contributed by atoms with E-state index in [0.29, 0.717) is 0 Å². The summed E-state index contributed by atoms with van der Waals surface area (Å²) in [5.41, 5.74) is 2.13. The summed E-state index contributed by atoms with van der Waals surface area (Å²) < 4.78 is 5.49. The van der Waals surface area contributed by atoms with Crippen molar-refractivity contribution in [2.75, 3.05) is 7.11 Å². The lowest BCUT2D eigenvalue weighted by molar-refractivity contribution is 0.0545. The molecule has 0 unspecified atom stereocenters. The second-order valence-electron chi connectivity index (χ2n) is 3.16. The molecular formula is C9H11NO3. The average Bonchev–Trinajstić information content (AvgIpc) is 2.68. The molecule has 0 saturated heterocycles. The van der Waals surface area contributed by atoms with E-state index in [0.717, 1.165) is 35.3 Å². The van der Waals surface area contributed by atoms with Crippen LogP contribution in [0, 0.1) is 0 Å². The third-order valence-electron chi connectivity index (χ3n) is 2.42. The molecule has 0 radical (unpaired) electrons. The van der Waals surface area contributed by atoms with Crippen LogP contribution in [0.4, 0.5) is 0 Å². The normalized spacial score (nSPS) is 14.2. The fraction of sp³-hybridized carbons (Fsp3) is 0.444. The van der Waals surface area contributed by atoms with Gasteiger partial charge in [0.1, 0.15) is 0 Å². The highest BCUT2D eigenvalue weighted by atomic mass is 16.5. The Bertz CT molecular complexity index is 354. The van der Waals surface area contributed by atoms with E-state index in [1.165, 1.54) is 7.11 Å². The molecule has 2 rings (SSSR count). The first-order valence-electron chi connectivity index (χ1n) is 4.25. The molecule has 0 saturated carbocycles. The van der Waals surface area contributed by atoms with E-state index in [1.807, 2.05) is 0 Å². The number of esters is 1. The summed E-state index contributed by atoms with van der Waals surface area (Å²) in [5, 5.41) is 9.57. The van der Waals surface area contributed by atoms with Crippen LogP contribution in [0.2, 0.25) is 0 Å². The number of nitrogens with zero attached hydrogens (tertiary/aromatic N) is 1. The van der Waals surface area contributed by atoms with Crippen molar-refractivity contribution in [3.8, 4) is 0 Å². The van der Waals surface area contributed by atoms with Crippen LogP contribution in [-0.4, -0.2) is 23.0 Å². The minimum Gasteiger partial charge on any atom is -0.464 e. The number of methoxy groups -OCH3 is 1. The van der Waals surface area contributed by atoms with Crippen molar-refractivity contribution >= 4 is 5.97 Å². The molecule has 0 spiro atoms. The van der Waals surface area contributed by atoms with Gasteiger partial charge < -0.3 is 9.94 Å². The zero-order valence-corrected chi connectivity index (χ0v) is 7.41. The molecule has 4 heteroatoms. The molecule has 0 bridgehead atoms. The number of fused-ring (bicyclic) bond motifs is 1. The standard InChI is InChI=1S/C9H11NO3/c1-13-9(11)8-5-6-3-2-4-7(6)10(8)12/h5,12H,2-4H2,1H3. The molecule has 4 nitrogen and oxygen atoms in total. The number of hydrogen-bond donors (Lipinski definition) is 1. The van der Waals surface area contributed by atoms with Gasteiger partial charge in [0.25, 0.3) is 0 Å². The zero-order valence-electron chi connectivity index (χ0n) is 7.41. The summed E-state index contributed by atoms with van der Waals surface area (Å²) in [5.74, 6) is -0.489. The molecular weight excluding hydrogens is 170 g/mol. The van der Waals surface area contributed by atoms with E-state index in [2.05, 4.69) is 4.74 Å². The number of aromatic nitrogens is 1. The van der Waals surface area contributed by atoms with Gasteiger partial charge in [-0.3, -0.25) is 0 Å². The van der Waals surface area contributed by atoms with Gasteiger partial charge in [-0.25, -0.2) is 4.79 Å². The molecule has 1 aliphatic rings. The highest BCUT2D eigenvalue weighted by molar-refractivity contribution is 5.88. The summed E-state index contributed by atoms with van der Waals surface area (Å²) in [6.45, 7) is 0. The van der Waals surface area contributed by atoms with Crippen molar-refractivity contribution < 1.29 is 14.7 Å². The van der Waals surface area contributed by atoms with E-state index < -0.39 is 5.97 Å². The third-order valence-corrected chi connectivity index (χ3v) is 2.42. The van der Waals surface area contributed by atoms with Gasteiger partial charge in [0.2, 0.25) is 0 Å². The van der Waals surface area contributed by atoms with Crippen LogP contribution in [0.25, 0.3) is 0 Å². The van der Waals surface area contributed by atoms with E-state index in [4.69, 9.17) is 0 Å². The molecule has 0 fully saturated rings. The first-order chi connectivity index (χ1) is 6.24. The maximum atomic E-state index is 11.1. The molecule has 1 N–H and O–H groups in total. The van der Waals surface area contributed by atoms with E-state index in [9.17, 15) is 10.0 Å². The topological polar surface area (TPSA) is 51.5 Å². The molecule has 0 aliphatic heterocycles. The fourth-order valence-corrected chi connectivity index (χ4v) is 1.77. The largest absolute Gasteiger partial charge is 0.464 e. The Morgan fingerprint density at radius 2 is 2.38 bits per heavy atom. The lowest BCUT2D eigenvalue weighted by Gasteiger charge is -2.01. The number of aryl methyl sites for hydroxylation is 1. The molecule has 0 amide bonds. The Hall–Kier alpha value is -1.45. The summed E-state index contributed by atoms with van der Waals surface area (Å²) in [6.07, 6.45) is 2.82. The van der Waals surface area contributed by atoms with Gasteiger partial charge in [-0.15, -0.1) is 0 Å². The molecule has 0 aromatic carbocycles. The zero-order chi connectivity index (χ0) is 9.42. The monoisotopic (exact) mass is 181 g/mol. The van der Waals surface area contributed by atoms with Gasteiger partial charge in [0.05, 0.1) is 12.8 Å². The fourth-order valence-electron chi connectivity index (χ4n) is 1.77. The van der Waals surface area contributed by atoms with Crippen LogP contribution in [0.5, 0.6) is 0 Å². The third kappa shape index (κ3) is 1.09. The van der Waals surface area contributed by atoms with Gasteiger partial charge in [-0.1, -0.05) is 0 Å². The number of hydrogen-bond acceptors (Lipinski definition) is 3. The Kier molecular flexibility index (Phi) is 1.76. The number of carbonyl (C=O) groups excluding carboxylic acids is 1. The van der Waals surface area contributed by atoms with E-state index in [-0.39, 0.29) is 5.69 Å². The number of rotatable bonds is 1. The van der Waals surface area contributed by atoms with Crippen molar-refractivity contribution in [3.63, 3.8) is 0 Å². The Balaban J connectivity index is 2.44. The van der Waals surface area contributed by atoms with Crippen LogP contribution in [-0.2, 0) is 17.6 Å². The molecule has 13 heavy (non-hydrogen) atoms. The van der Waals surface area contributed by atoms with Gasteiger partial charge in [-0.05, 0) is 30.9 Å². The maximum Gasteiger partial charge on any atom is 0.358 e. The number of ether oxygens (including phenoxy) is 1. The SMILES string of the molecule is COC(=O)c1cc2c(n1O)CCC2. The van der Waals surface area contributed by atoms with Crippen LogP contribution >= 0.6 is 0 Å². The quantitative estimate of drug-likeness (QED) is 0.519. The van der Waals surface area contributed by atoms with Gasteiger partial charge >= 0.3 is 5.97 Å². The first kappa shape index (κ1) is 8.16. The summed E-state index contributed by atoms with van der Waals surface area (Å²) in [6, 6.07) is 1.70. The van der Waals surface area contributed by atoms with Crippen LogP contribution in [0.15, 0.2) is 6.07 Å². The average molecular weight is 181 g/mol. The maximum absolute atomic E-state index is 11.1. The Labute approximate surface area is 75.7 Å². The second-order valence-corrected chi connectivity index (χ2v) is 3.16.